The average Bonchev–Trinajstić information content (AvgIpc) is 2.44. The maximum atomic E-state index is 11.7. The lowest BCUT2D eigenvalue weighted by Crippen LogP contribution is -2.46. The predicted octanol–water partition coefficient (Wildman–Crippen LogP) is -0.111. The van der Waals surface area contributed by atoms with Gasteiger partial charge in [0.1, 0.15) is 6.04 Å². The Morgan fingerprint density at radius 2 is 1.64 bits per heavy atom. The van der Waals surface area contributed by atoms with Crippen LogP contribution in [0.2, 0.25) is 0 Å². The van der Waals surface area contributed by atoms with Crippen LogP contribution < -0.4 is 11.1 Å². The number of ether oxygens (including phenoxy) is 2. The van der Waals surface area contributed by atoms with Crippen molar-refractivity contribution >= 4 is 23.8 Å². The molecule has 8 heteroatoms. The molecule has 0 aliphatic heterocycles. The van der Waals surface area contributed by atoms with Crippen LogP contribution in [0, 0.1) is 5.92 Å². The van der Waals surface area contributed by atoms with E-state index in [0.717, 1.165) is 0 Å². The Bertz CT molecular complexity index is 410. The fraction of sp³-hybridized carbons (Fsp3) is 0.714. The lowest BCUT2D eigenvalue weighted by atomic mass is 10.0. The van der Waals surface area contributed by atoms with Crippen LogP contribution in [0.25, 0.3) is 0 Å². The van der Waals surface area contributed by atoms with Gasteiger partial charge in [0.15, 0.2) is 0 Å². The highest BCUT2D eigenvalue weighted by atomic mass is 16.5. The number of primary amides is 1. The first-order valence-corrected chi connectivity index (χ1v) is 7.22. The van der Waals surface area contributed by atoms with Crippen molar-refractivity contribution in [1.29, 1.82) is 0 Å². The quantitative estimate of drug-likeness (QED) is 0.542. The SMILES string of the molecule is CCOC(=O)CCC(=O)N[C@@H](C[C@@H](C)C(=O)OCC)C(N)=O. The predicted molar refractivity (Wildman–Crippen MR) is 77.4 cm³/mol. The molecular weight excluding hydrogens is 292 g/mol. The van der Waals surface area contributed by atoms with Crippen molar-refractivity contribution in [2.24, 2.45) is 11.7 Å². The van der Waals surface area contributed by atoms with Crippen molar-refractivity contribution in [1.82, 2.24) is 5.32 Å². The second-order valence-corrected chi connectivity index (χ2v) is 4.72. The van der Waals surface area contributed by atoms with Gasteiger partial charge in [-0.3, -0.25) is 19.2 Å². The van der Waals surface area contributed by atoms with Gasteiger partial charge in [-0.15, -0.1) is 0 Å². The van der Waals surface area contributed by atoms with Gasteiger partial charge < -0.3 is 20.5 Å². The Morgan fingerprint density at radius 1 is 1.05 bits per heavy atom. The second kappa shape index (κ2) is 10.6. The van der Waals surface area contributed by atoms with E-state index >= 15 is 0 Å². The number of hydrogen-bond acceptors (Lipinski definition) is 6. The minimum Gasteiger partial charge on any atom is -0.466 e. The first kappa shape index (κ1) is 19.9. The van der Waals surface area contributed by atoms with Crippen molar-refractivity contribution in [2.45, 2.75) is 46.1 Å². The molecular formula is C14H24N2O6. The van der Waals surface area contributed by atoms with Crippen molar-refractivity contribution in [3.63, 3.8) is 0 Å². The summed E-state index contributed by atoms with van der Waals surface area (Å²) in [7, 11) is 0. The smallest absolute Gasteiger partial charge is 0.308 e. The summed E-state index contributed by atoms with van der Waals surface area (Å²) in [5, 5.41) is 2.41. The summed E-state index contributed by atoms with van der Waals surface area (Å²) in [5.74, 6) is -2.79. The van der Waals surface area contributed by atoms with Gasteiger partial charge in [0, 0.05) is 6.42 Å². The molecule has 0 rings (SSSR count). The number of carbonyl (C=O) groups is 4. The fourth-order valence-corrected chi connectivity index (χ4v) is 1.70. The van der Waals surface area contributed by atoms with Crippen molar-refractivity contribution in [3.05, 3.63) is 0 Å². The van der Waals surface area contributed by atoms with E-state index in [2.05, 4.69) is 5.32 Å². The molecule has 0 aliphatic rings. The summed E-state index contributed by atoms with van der Waals surface area (Å²) >= 11 is 0. The van der Waals surface area contributed by atoms with E-state index in [1.54, 1.807) is 20.8 Å². The van der Waals surface area contributed by atoms with Crippen molar-refractivity contribution in [2.75, 3.05) is 13.2 Å². The Morgan fingerprint density at radius 3 is 2.14 bits per heavy atom. The van der Waals surface area contributed by atoms with Gasteiger partial charge in [0.25, 0.3) is 0 Å². The summed E-state index contributed by atoms with van der Waals surface area (Å²) in [5.41, 5.74) is 5.21. The highest BCUT2D eigenvalue weighted by molar-refractivity contribution is 5.88. The first-order chi connectivity index (χ1) is 10.3. The number of hydrogen-bond donors (Lipinski definition) is 2. The lowest BCUT2D eigenvalue weighted by molar-refractivity contribution is -0.148. The van der Waals surface area contributed by atoms with Crippen LogP contribution in [-0.2, 0) is 28.7 Å². The number of nitrogens with two attached hydrogens (primary N) is 1. The largest absolute Gasteiger partial charge is 0.466 e. The molecule has 2 atom stereocenters. The Balaban J connectivity index is 4.40. The standard InChI is InChI=1S/C14H24N2O6/c1-4-21-12(18)7-6-11(17)16-10(13(15)19)8-9(3)14(20)22-5-2/h9-10H,4-8H2,1-3H3,(H2,15,19)(H,16,17)/t9-,10+/m1/s1. The maximum absolute atomic E-state index is 11.7. The molecule has 0 unspecified atom stereocenters. The van der Waals surface area contributed by atoms with E-state index in [1.807, 2.05) is 0 Å². The van der Waals surface area contributed by atoms with Crippen molar-refractivity contribution in [3.8, 4) is 0 Å². The van der Waals surface area contributed by atoms with Crippen LogP contribution in [0.3, 0.4) is 0 Å². The number of rotatable bonds is 10. The van der Waals surface area contributed by atoms with E-state index < -0.39 is 35.7 Å². The summed E-state index contributed by atoms with van der Waals surface area (Å²) < 4.78 is 9.53. The monoisotopic (exact) mass is 316 g/mol. The summed E-state index contributed by atoms with van der Waals surface area (Å²) in [6.45, 7) is 5.39. The molecule has 22 heavy (non-hydrogen) atoms. The van der Waals surface area contributed by atoms with Crippen LogP contribution in [-0.4, -0.2) is 43.0 Å². The Kier molecular flexibility index (Phi) is 9.56. The van der Waals surface area contributed by atoms with Gasteiger partial charge in [0.2, 0.25) is 11.8 Å². The second-order valence-electron chi connectivity index (χ2n) is 4.72. The fourth-order valence-electron chi connectivity index (χ4n) is 1.70. The van der Waals surface area contributed by atoms with Gasteiger partial charge in [0.05, 0.1) is 25.6 Å². The molecule has 0 aliphatic carbocycles. The average molecular weight is 316 g/mol. The van der Waals surface area contributed by atoms with E-state index in [1.165, 1.54) is 0 Å². The first-order valence-electron chi connectivity index (χ1n) is 7.22. The maximum Gasteiger partial charge on any atom is 0.308 e. The minimum absolute atomic E-state index is 0.0410. The van der Waals surface area contributed by atoms with Gasteiger partial charge in [-0.2, -0.15) is 0 Å². The summed E-state index contributed by atoms with van der Waals surface area (Å²) in [6, 6.07) is -0.992. The van der Waals surface area contributed by atoms with E-state index in [-0.39, 0.29) is 32.5 Å². The van der Waals surface area contributed by atoms with Crippen LogP contribution in [0.15, 0.2) is 0 Å². The molecule has 0 saturated carbocycles. The zero-order valence-electron chi connectivity index (χ0n) is 13.2. The topological polar surface area (TPSA) is 125 Å². The zero-order chi connectivity index (χ0) is 17.1. The third-order valence-corrected chi connectivity index (χ3v) is 2.82. The van der Waals surface area contributed by atoms with Crippen LogP contribution in [0.1, 0.15) is 40.0 Å². The van der Waals surface area contributed by atoms with Crippen LogP contribution >= 0.6 is 0 Å². The number of nitrogens with one attached hydrogen (secondary N) is 1. The van der Waals surface area contributed by atoms with Gasteiger partial charge in [-0.1, -0.05) is 6.92 Å². The molecule has 0 saturated heterocycles. The Hall–Kier alpha value is -2.12. The van der Waals surface area contributed by atoms with Crippen LogP contribution in [0.4, 0.5) is 0 Å². The molecule has 8 nitrogen and oxygen atoms in total. The van der Waals surface area contributed by atoms with Crippen LogP contribution in [0.5, 0.6) is 0 Å². The zero-order valence-corrected chi connectivity index (χ0v) is 13.2. The number of esters is 2. The van der Waals surface area contributed by atoms with E-state index in [9.17, 15) is 19.2 Å². The van der Waals surface area contributed by atoms with Crippen molar-refractivity contribution < 1.29 is 28.7 Å². The minimum atomic E-state index is -0.992. The third kappa shape index (κ3) is 8.23. The lowest BCUT2D eigenvalue weighted by Gasteiger charge is -2.18. The summed E-state index contributed by atoms with van der Waals surface area (Å²) in [4.78, 5) is 45.7. The number of carbonyl (C=O) groups excluding carboxylic acids is 4. The molecule has 0 fully saturated rings. The molecule has 0 aromatic rings. The summed E-state index contributed by atoms with van der Waals surface area (Å²) in [6.07, 6.45) is -0.158. The molecule has 0 aromatic carbocycles. The molecule has 2 amide bonds. The molecule has 3 N–H and O–H groups in total. The normalized spacial score (nSPS) is 12.9. The third-order valence-electron chi connectivity index (χ3n) is 2.82. The van der Waals surface area contributed by atoms with Gasteiger partial charge in [-0.25, -0.2) is 0 Å². The molecule has 0 radical (unpaired) electrons. The molecule has 0 aromatic heterocycles. The highest BCUT2D eigenvalue weighted by Crippen LogP contribution is 2.09. The molecule has 0 spiro atoms. The Labute approximate surface area is 129 Å². The molecule has 126 valence electrons. The molecule has 0 bridgehead atoms. The van der Waals surface area contributed by atoms with E-state index in [0.29, 0.717) is 0 Å². The van der Waals surface area contributed by atoms with Gasteiger partial charge >= 0.3 is 11.9 Å². The van der Waals surface area contributed by atoms with E-state index in [4.69, 9.17) is 15.2 Å². The highest BCUT2D eigenvalue weighted by Gasteiger charge is 2.25. The molecule has 0 heterocycles. The van der Waals surface area contributed by atoms with Gasteiger partial charge in [-0.05, 0) is 20.3 Å². The number of amides is 2.